The van der Waals surface area contributed by atoms with Crippen LogP contribution in [0.5, 0.6) is 0 Å². The van der Waals surface area contributed by atoms with E-state index in [1.807, 2.05) is 48.4 Å². The Morgan fingerprint density at radius 2 is 1.87 bits per heavy atom. The van der Waals surface area contributed by atoms with E-state index in [4.69, 9.17) is 4.99 Å². The highest BCUT2D eigenvalue weighted by Gasteiger charge is 2.40. The maximum absolute atomic E-state index is 13.0. The van der Waals surface area contributed by atoms with Gasteiger partial charge in [0.25, 0.3) is 0 Å². The molecule has 30 heavy (non-hydrogen) atoms. The molecular weight excluding hydrogens is 389 g/mol. The van der Waals surface area contributed by atoms with Crippen molar-refractivity contribution < 1.29 is 13.2 Å². The standard InChI is InChI=1S/C23H19F3N4/c1-14-12-29-22(16-5-6-16)30(20-9-8-18(13-28-20)23(24,25)26)21(14)17-7-4-15-3-2-10-27-19(15)11-17/h2-4,7-13,16,22H,5-6H2,1H3. The van der Waals surface area contributed by atoms with Gasteiger partial charge in [0.15, 0.2) is 0 Å². The zero-order valence-corrected chi connectivity index (χ0v) is 16.3. The minimum atomic E-state index is -4.42. The topological polar surface area (TPSA) is 41.4 Å². The summed E-state index contributed by atoms with van der Waals surface area (Å²) in [6.45, 7) is 1.96. The van der Waals surface area contributed by atoms with Crippen LogP contribution in [0, 0.1) is 5.92 Å². The number of nitrogens with zero attached hydrogens (tertiary/aromatic N) is 4. The van der Waals surface area contributed by atoms with Crippen LogP contribution < -0.4 is 4.90 Å². The third kappa shape index (κ3) is 3.34. The van der Waals surface area contributed by atoms with Gasteiger partial charge in [-0.25, -0.2) is 4.98 Å². The summed E-state index contributed by atoms with van der Waals surface area (Å²) in [4.78, 5) is 15.3. The Balaban J connectivity index is 1.63. The summed E-state index contributed by atoms with van der Waals surface area (Å²) < 4.78 is 39.1. The van der Waals surface area contributed by atoms with Crippen LogP contribution in [0.2, 0.25) is 0 Å². The highest BCUT2D eigenvalue weighted by molar-refractivity contribution is 5.98. The number of benzene rings is 1. The Labute approximate surface area is 171 Å². The molecule has 0 spiro atoms. The van der Waals surface area contributed by atoms with E-state index in [0.29, 0.717) is 11.7 Å². The molecule has 0 N–H and O–H groups in total. The molecule has 1 unspecified atom stereocenters. The number of halogens is 3. The maximum Gasteiger partial charge on any atom is 0.417 e. The summed E-state index contributed by atoms with van der Waals surface area (Å²) in [5.74, 6) is 0.833. The first-order valence-corrected chi connectivity index (χ1v) is 9.83. The molecular formula is C23H19F3N4. The first-order chi connectivity index (χ1) is 14.4. The number of aromatic nitrogens is 2. The van der Waals surface area contributed by atoms with E-state index in [1.54, 1.807) is 6.20 Å². The second-order valence-electron chi connectivity index (χ2n) is 7.74. The molecule has 1 aromatic carbocycles. The lowest BCUT2D eigenvalue weighted by Crippen LogP contribution is -2.38. The van der Waals surface area contributed by atoms with Crippen molar-refractivity contribution in [2.75, 3.05) is 4.90 Å². The molecule has 1 aliphatic carbocycles. The van der Waals surface area contributed by atoms with E-state index in [2.05, 4.69) is 9.97 Å². The molecule has 1 aliphatic heterocycles. The molecule has 1 saturated carbocycles. The number of alkyl halides is 3. The van der Waals surface area contributed by atoms with E-state index >= 15 is 0 Å². The monoisotopic (exact) mass is 408 g/mol. The highest BCUT2D eigenvalue weighted by Crippen LogP contribution is 2.43. The summed E-state index contributed by atoms with van der Waals surface area (Å²) in [7, 11) is 0. The van der Waals surface area contributed by atoms with Gasteiger partial charge in [0.1, 0.15) is 12.0 Å². The lowest BCUT2D eigenvalue weighted by molar-refractivity contribution is -0.137. The lowest BCUT2D eigenvalue weighted by atomic mass is 10.0. The van der Waals surface area contributed by atoms with Crippen LogP contribution in [-0.4, -0.2) is 22.3 Å². The quantitative estimate of drug-likeness (QED) is 0.558. The van der Waals surface area contributed by atoms with Crippen LogP contribution in [0.15, 0.2) is 65.4 Å². The SMILES string of the molecule is CC1=C(c2ccc3cccnc3c2)N(c2ccc(C(F)(F)F)cn2)C(C2CC2)N=C1. The van der Waals surface area contributed by atoms with Crippen molar-refractivity contribution >= 4 is 28.6 Å². The Morgan fingerprint density at radius 1 is 1.03 bits per heavy atom. The molecule has 2 aromatic heterocycles. The number of aliphatic imine (C=N–C) groups is 1. The minimum Gasteiger partial charge on any atom is -0.302 e. The molecule has 3 aromatic rings. The van der Waals surface area contributed by atoms with E-state index in [-0.39, 0.29) is 6.17 Å². The molecule has 1 fully saturated rings. The van der Waals surface area contributed by atoms with Crippen molar-refractivity contribution in [3.63, 3.8) is 0 Å². The fourth-order valence-electron chi connectivity index (χ4n) is 3.89. The molecule has 1 atom stereocenters. The minimum absolute atomic E-state index is 0.174. The number of rotatable bonds is 3. The van der Waals surface area contributed by atoms with Crippen LogP contribution in [0.25, 0.3) is 16.6 Å². The summed E-state index contributed by atoms with van der Waals surface area (Å²) in [5, 5.41) is 1.03. The average molecular weight is 408 g/mol. The Morgan fingerprint density at radius 3 is 2.57 bits per heavy atom. The van der Waals surface area contributed by atoms with Gasteiger partial charge in [0, 0.05) is 35.5 Å². The van der Waals surface area contributed by atoms with Crippen LogP contribution in [0.1, 0.15) is 30.9 Å². The van der Waals surface area contributed by atoms with E-state index in [0.717, 1.165) is 52.8 Å². The number of hydrogen-bond acceptors (Lipinski definition) is 4. The summed E-state index contributed by atoms with van der Waals surface area (Å²) in [6, 6.07) is 12.4. The zero-order chi connectivity index (χ0) is 20.9. The van der Waals surface area contributed by atoms with Gasteiger partial charge < -0.3 is 4.90 Å². The lowest BCUT2D eigenvalue weighted by Gasteiger charge is -2.36. The second-order valence-corrected chi connectivity index (χ2v) is 7.74. The smallest absolute Gasteiger partial charge is 0.302 e. The average Bonchev–Trinajstić information content (AvgIpc) is 3.58. The Kier molecular flexibility index (Phi) is 4.34. The van der Waals surface area contributed by atoms with Gasteiger partial charge in [-0.1, -0.05) is 18.2 Å². The summed E-state index contributed by atoms with van der Waals surface area (Å²) >= 11 is 0. The first kappa shape index (κ1) is 18.8. The Hall–Kier alpha value is -3.22. The number of anilines is 1. The number of hydrogen-bond donors (Lipinski definition) is 0. The highest BCUT2D eigenvalue weighted by atomic mass is 19.4. The Bertz CT molecular complexity index is 1160. The molecule has 2 aliphatic rings. The van der Waals surface area contributed by atoms with Crippen molar-refractivity contribution in [2.24, 2.45) is 10.9 Å². The molecule has 0 bridgehead atoms. The van der Waals surface area contributed by atoms with Crippen molar-refractivity contribution in [3.8, 4) is 0 Å². The largest absolute Gasteiger partial charge is 0.417 e. The molecule has 7 heteroatoms. The zero-order valence-electron chi connectivity index (χ0n) is 16.3. The number of pyridine rings is 2. The fraction of sp³-hybridized carbons (Fsp3) is 0.261. The van der Waals surface area contributed by atoms with Crippen LogP contribution in [0.4, 0.5) is 19.0 Å². The van der Waals surface area contributed by atoms with Crippen LogP contribution >= 0.6 is 0 Å². The van der Waals surface area contributed by atoms with Gasteiger partial charge >= 0.3 is 6.18 Å². The van der Waals surface area contributed by atoms with Crippen LogP contribution in [-0.2, 0) is 6.18 Å². The van der Waals surface area contributed by atoms with E-state index in [1.165, 1.54) is 6.07 Å². The van der Waals surface area contributed by atoms with Crippen molar-refractivity contribution in [1.29, 1.82) is 0 Å². The molecule has 3 heterocycles. The fourth-order valence-corrected chi connectivity index (χ4v) is 3.89. The first-order valence-electron chi connectivity index (χ1n) is 9.83. The van der Waals surface area contributed by atoms with Gasteiger partial charge in [-0.3, -0.25) is 9.98 Å². The predicted octanol–water partition coefficient (Wildman–Crippen LogP) is 5.71. The van der Waals surface area contributed by atoms with Crippen molar-refractivity contribution in [2.45, 2.75) is 32.1 Å². The van der Waals surface area contributed by atoms with Gasteiger partial charge in [-0.15, -0.1) is 0 Å². The number of fused-ring (bicyclic) bond motifs is 1. The normalized spacial score (nSPS) is 19.6. The van der Waals surface area contributed by atoms with E-state index < -0.39 is 11.7 Å². The van der Waals surface area contributed by atoms with Crippen LogP contribution in [0.3, 0.4) is 0 Å². The molecule has 0 amide bonds. The summed E-state index contributed by atoms with van der Waals surface area (Å²) in [6.07, 6.45) is 2.01. The molecule has 0 radical (unpaired) electrons. The maximum atomic E-state index is 13.0. The van der Waals surface area contributed by atoms with Gasteiger partial charge in [0.2, 0.25) is 0 Å². The van der Waals surface area contributed by atoms with Crippen molar-refractivity contribution in [1.82, 2.24) is 9.97 Å². The third-order valence-electron chi connectivity index (χ3n) is 5.54. The van der Waals surface area contributed by atoms with Gasteiger partial charge in [-0.05, 0) is 49.6 Å². The second kappa shape index (κ2) is 6.93. The summed E-state index contributed by atoms with van der Waals surface area (Å²) in [5.41, 5.74) is 2.88. The van der Waals surface area contributed by atoms with Gasteiger partial charge in [0.05, 0.1) is 16.8 Å². The molecule has 5 rings (SSSR count). The molecule has 4 nitrogen and oxygen atoms in total. The predicted molar refractivity (Wildman–Crippen MR) is 111 cm³/mol. The third-order valence-corrected chi connectivity index (χ3v) is 5.54. The van der Waals surface area contributed by atoms with Crippen molar-refractivity contribution in [3.05, 3.63) is 71.6 Å². The van der Waals surface area contributed by atoms with Gasteiger partial charge in [-0.2, -0.15) is 13.2 Å². The van der Waals surface area contributed by atoms with E-state index in [9.17, 15) is 13.2 Å². The molecule has 152 valence electrons. The number of allylic oxidation sites excluding steroid dienone is 1. The molecule has 0 saturated heterocycles.